The lowest BCUT2D eigenvalue weighted by atomic mass is 10.0. The lowest BCUT2D eigenvalue weighted by Crippen LogP contribution is -2.28. The SMILES string of the molecule is NNC(c1ccc(F)cc1)c1ccoc1Cl. The van der Waals surface area contributed by atoms with Crippen molar-refractivity contribution in [3.05, 3.63) is 58.8 Å². The van der Waals surface area contributed by atoms with Gasteiger partial charge in [-0.3, -0.25) is 5.84 Å². The monoisotopic (exact) mass is 240 g/mol. The summed E-state index contributed by atoms with van der Waals surface area (Å²) in [5.74, 6) is 5.17. The van der Waals surface area contributed by atoms with Gasteiger partial charge in [-0.05, 0) is 35.4 Å². The molecular weight excluding hydrogens is 231 g/mol. The predicted molar refractivity (Wildman–Crippen MR) is 59.3 cm³/mol. The maximum atomic E-state index is 12.8. The van der Waals surface area contributed by atoms with E-state index in [1.54, 1.807) is 18.2 Å². The van der Waals surface area contributed by atoms with Crippen molar-refractivity contribution in [2.24, 2.45) is 5.84 Å². The standard InChI is InChI=1S/C11H10ClFN2O/c12-11-9(5-6-16-11)10(15-14)7-1-3-8(13)4-2-7/h1-6,10,15H,14H2. The molecule has 0 fully saturated rings. The molecule has 0 aliphatic rings. The molecule has 84 valence electrons. The lowest BCUT2D eigenvalue weighted by molar-refractivity contribution is 0.555. The Bertz CT molecular complexity index is 469. The van der Waals surface area contributed by atoms with Gasteiger partial charge in [-0.2, -0.15) is 0 Å². The molecule has 0 bridgehead atoms. The molecule has 0 spiro atoms. The van der Waals surface area contributed by atoms with Crippen LogP contribution in [0.15, 0.2) is 41.0 Å². The summed E-state index contributed by atoms with van der Waals surface area (Å²) < 4.78 is 17.8. The molecule has 1 aromatic heterocycles. The van der Waals surface area contributed by atoms with Crippen molar-refractivity contribution in [2.45, 2.75) is 6.04 Å². The second-order valence-corrected chi connectivity index (χ2v) is 3.64. The first-order valence-electron chi connectivity index (χ1n) is 4.67. The molecule has 1 unspecified atom stereocenters. The van der Waals surface area contributed by atoms with Crippen molar-refractivity contribution < 1.29 is 8.81 Å². The Balaban J connectivity index is 2.37. The molecule has 1 atom stereocenters. The molecule has 3 nitrogen and oxygen atoms in total. The van der Waals surface area contributed by atoms with Crippen LogP contribution in [0.4, 0.5) is 4.39 Å². The van der Waals surface area contributed by atoms with Gasteiger partial charge in [0.25, 0.3) is 0 Å². The first-order chi connectivity index (χ1) is 7.72. The molecule has 16 heavy (non-hydrogen) atoms. The average molecular weight is 241 g/mol. The highest BCUT2D eigenvalue weighted by atomic mass is 35.5. The highest BCUT2D eigenvalue weighted by molar-refractivity contribution is 6.29. The van der Waals surface area contributed by atoms with Crippen LogP contribution in [0, 0.1) is 5.82 Å². The molecule has 1 heterocycles. The lowest BCUT2D eigenvalue weighted by Gasteiger charge is -2.14. The van der Waals surface area contributed by atoms with Gasteiger partial charge in [-0.25, -0.2) is 9.82 Å². The topological polar surface area (TPSA) is 51.2 Å². The highest BCUT2D eigenvalue weighted by Gasteiger charge is 2.17. The fourth-order valence-electron chi connectivity index (χ4n) is 1.53. The fourth-order valence-corrected chi connectivity index (χ4v) is 1.75. The van der Waals surface area contributed by atoms with Gasteiger partial charge in [-0.1, -0.05) is 12.1 Å². The van der Waals surface area contributed by atoms with Crippen LogP contribution in [0.25, 0.3) is 0 Å². The zero-order valence-electron chi connectivity index (χ0n) is 8.28. The highest BCUT2D eigenvalue weighted by Crippen LogP contribution is 2.28. The number of hydrogen-bond acceptors (Lipinski definition) is 3. The maximum absolute atomic E-state index is 12.8. The predicted octanol–water partition coefficient (Wildman–Crippen LogP) is 2.62. The summed E-state index contributed by atoms with van der Waals surface area (Å²) in [6.07, 6.45) is 1.48. The number of nitrogens with one attached hydrogen (secondary N) is 1. The number of hydrogen-bond donors (Lipinski definition) is 2. The smallest absolute Gasteiger partial charge is 0.198 e. The molecule has 0 amide bonds. The molecule has 0 aliphatic carbocycles. The minimum Gasteiger partial charge on any atom is -0.453 e. The Morgan fingerprint density at radius 1 is 1.25 bits per heavy atom. The number of nitrogens with two attached hydrogens (primary N) is 1. The second kappa shape index (κ2) is 4.65. The second-order valence-electron chi connectivity index (χ2n) is 3.30. The molecule has 3 N–H and O–H groups in total. The zero-order valence-corrected chi connectivity index (χ0v) is 9.04. The van der Waals surface area contributed by atoms with Crippen molar-refractivity contribution in [1.82, 2.24) is 5.43 Å². The molecule has 0 saturated carbocycles. The van der Waals surface area contributed by atoms with Crippen molar-refractivity contribution >= 4 is 11.6 Å². The maximum Gasteiger partial charge on any atom is 0.198 e. The van der Waals surface area contributed by atoms with Crippen LogP contribution in [0.5, 0.6) is 0 Å². The van der Waals surface area contributed by atoms with E-state index in [1.807, 2.05) is 0 Å². The fraction of sp³-hybridized carbons (Fsp3) is 0.0909. The summed E-state index contributed by atoms with van der Waals surface area (Å²) >= 11 is 5.86. The Kier molecular flexibility index (Phi) is 3.24. The Hall–Kier alpha value is -1.36. The van der Waals surface area contributed by atoms with Crippen LogP contribution in [0.2, 0.25) is 5.22 Å². The molecule has 5 heteroatoms. The summed E-state index contributed by atoms with van der Waals surface area (Å²) in [5, 5.41) is 0.271. The quantitative estimate of drug-likeness (QED) is 0.641. The number of halogens is 2. The van der Waals surface area contributed by atoms with Gasteiger partial charge in [0, 0.05) is 5.56 Å². The van der Waals surface area contributed by atoms with E-state index in [1.165, 1.54) is 18.4 Å². The van der Waals surface area contributed by atoms with E-state index in [4.69, 9.17) is 21.9 Å². The minimum atomic E-state index is -0.313. The van der Waals surface area contributed by atoms with Crippen molar-refractivity contribution in [3.8, 4) is 0 Å². The Morgan fingerprint density at radius 2 is 1.94 bits per heavy atom. The molecule has 0 radical (unpaired) electrons. The third kappa shape index (κ3) is 2.09. The van der Waals surface area contributed by atoms with Crippen LogP contribution in [-0.4, -0.2) is 0 Å². The van der Waals surface area contributed by atoms with Gasteiger partial charge in [0.2, 0.25) is 0 Å². The van der Waals surface area contributed by atoms with Crippen LogP contribution in [-0.2, 0) is 0 Å². The van der Waals surface area contributed by atoms with Crippen molar-refractivity contribution in [2.75, 3.05) is 0 Å². The number of furan rings is 1. The van der Waals surface area contributed by atoms with Crippen molar-refractivity contribution in [3.63, 3.8) is 0 Å². The zero-order chi connectivity index (χ0) is 11.5. The molecule has 1 aromatic carbocycles. The number of benzene rings is 1. The van der Waals surface area contributed by atoms with E-state index in [9.17, 15) is 4.39 Å². The largest absolute Gasteiger partial charge is 0.453 e. The van der Waals surface area contributed by atoms with Crippen LogP contribution < -0.4 is 11.3 Å². The van der Waals surface area contributed by atoms with E-state index in [-0.39, 0.29) is 17.1 Å². The number of rotatable bonds is 3. The minimum absolute atomic E-state index is 0.271. The van der Waals surface area contributed by atoms with Gasteiger partial charge in [0.05, 0.1) is 12.3 Å². The molecule has 0 aliphatic heterocycles. The van der Waals surface area contributed by atoms with E-state index in [0.29, 0.717) is 0 Å². The van der Waals surface area contributed by atoms with Crippen LogP contribution in [0.3, 0.4) is 0 Å². The summed E-state index contributed by atoms with van der Waals surface area (Å²) in [5.41, 5.74) is 4.14. The average Bonchev–Trinajstić information content (AvgIpc) is 2.69. The summed E-state index contributed by atoms with van der Waals surface area (Å²) in [6.45, 7) is 0. The first kappa shape index (κ1) is 11.1. The van der Waals surface area contributed by atoms with Crippen LogP contribution >= 0.6 is 11.6 Å². The van der Waals surface area contributed by atoms with E-state index in [2.05, 4.69) is 5.43 Å². The summed E-state index contributed by atoms with van der Waals surface area (Å²) in [4.78, 5) is 0. The molecular formula is C11H10ClFN2O. The summed E-state index contributed by atoms with van der Waals surface area (Å²) in [6, 6.07) is 7.43. The van der Waals surface area contributed by atoms with Crippen LogP contribution in [0.1, 0.15) is 17.2 Å². The Labute approximate surface area is 97.0 Å². The molecule has 2 rings (SSSR count). The van der Waals surface area contributed by atoms with Gasteiger partial charge in [0.15, 0.2) is 5.22 Å². The summed E-state index contributed by atoms with van der Waals surface area (Å²) in [7, 11) is 0. The third-order valence-electron chi connectivity index (χ3n) is 2.33. The van der Waals surface area contributed by atoms with E-state index in [0.717, 1.165) is 11.1 Å². The van der Waals surface area contributed by atoms with Gasteiger partial charge < -0.3 is 4.42 Å². The first-order valence-corrected chi connectivity index (χ1v) is 5.04. The normalized spacial score (nSPS) is 12.7. The third-order valence-corrected chi connectivity index (χ3v) is 2.63. The Morgan fingerprint density at radius 3 is 2.44 bits per heavy atom. The molecule has 0 saturated heterocycles. The van der Waals surface area contributed by atoms with E-state index < -0.39 is 0 Å². The van der Waals surface area contributed by atoms with Gasteiger partial charge >= 0.3 is 0 Å². The van der Waals surface area contributed by atoms with Gasteiger partial charge in [0.1, 0.15) is 5.82 Å². The van der Waals surface area contributed by atoms with Crippen molar-refractivity contribution in [1.29, 1.82) is 0 Å². The van der Waals surface area contributed by atoms with Gasteiger partial charge in [-0.15, -0.1) is 0 Å². The van der Waals surface area contributed by atoms with E-state index >= 15 is 0 Å². The number of hydrazine groups is 1. The molecule has 2 aromatic rings.